The van der Waals surface area contributed by atoms with Gasteiger partial charge >= 0.3 is 0 Å². The van der Waals surface area contributed by atoms with Crippen molar-refractivity contribution in [1.29, 1.82) is 0 Å². The maximum Gasteiger partial charge on any atom is 0.194 e. The molecule has 1 atom stereocenters. The maximum absolute atomic E-state index is 6.08. The molecule has 3 rings (SSSR count). The van der Waals surface area contributed by atoms with Gasteiger partial charge in [0.05, 0.1) is 36.1 Å². The van der Waals surface area contributed by atoms with E-state index in [2.05, 4.69) is 36.0 Å². The minimum Gasteiger partial charge on any atom is -0.376 e. The number of aryl methyl sites for hydroxylation is 2. The van der Waals surface area contributed by atoms with Crippen LogP contribution in [0.2, 0.25) is 0 Å². The molecule has 1 aromatic rings. The van der Waals surface area contributed by atoms with E-state index in [1.54, 1.807) is 11.3 Å². The van der Waals surface area contributed by atoms with Crippen molar-refractivity contribution in [1.82, 2.24) is 15.2 Å². The second kappa shape index (κ2) is 11.5. The summed E-state index contributed by atoms with van der Waals surface area (Å²) in [6.07, 6.45) is 5.09. The molecule has 0 saturated carbocycles. The van der Waals surface area contributed by atoms with Crippen LogP contribution in [0.4, 0.5) is 0 Å². The maximum atomic E-state index is 6.08. The molecule has 154 valence electrons. The molecule has 1 aromatic heterocycles. The van der Waals surface area contributed by atoms with Gasteiger partial charge in [0.25, 0.3) is 0 Å². The zero-order valence-corrected chi connectivity index (χ0v) is 19.8. The van der Waals surface area contributed by atoms with Crippen LogP contribution in [0.25, 0.3) is 0 Å². The normalized spacial score (nSPS) is 21.4. The zero-order chi connectivity index (χ0) is 18.4. The van der Waals surface area contributed by atoms with Crippen molar-refractivity contribution < 1.29 is 9.47 Å². The van der Waals surface area contributed by atoms with E-state index in [1.807, 2.05) is 0 Å². The molecule has 0 aromatic carbocycles. The number of nitrogens with zero attached hydrogens (tertiary/aromatic N) is 3. The molecule has 6 nitrogen and oxygen atoms in total. The molecule has 1 unspecified atom stereocenters. The highest BCUT2D eigenvalue weighted by atomic mass is 127. The lowest BCUT2D eigenvalue weighted by Gasteiger charge is -2.34. The van der Waals surface area contributed by atoms with E-state index in [4.69, 9.17) is 14.5 Å². The average molecular weight is 508 g/mol. The first kappa shape index (κ1) is 22.8. The van der Waals surface area contributed by atoms with Gasteiger partial charge in [-0.15, -0.1) is 35.3 Å². The van der Waals surface area contributed by atoms with Gasteiger partial charge in [0.2, 0.25) is 0 Å². The molecule has 2 saturated heterocycles. The van der Waals surface area contributed by atoms with Crippen LogP contribution in [0.1, 0.15) is 48.2 Å². The summed E-state index contributed by atoms with van der Waals surface area (Å²) in [5.41, 5.74) is 1.10. The monoisotopic (exact) mass is 508 g/mol. The molecule has 8 heteroatoms. The van der Waals surface area contributed by atoms with E-state index in [-0.39, 0.29) is 24.0 Å². The first-order valence-electron chi connectivity index (χ1n) is 9.85. The Kier molecular flexibility index (Phi) is 9.75. The molecule has 27 heavy (non-hydrogen) atoms. The number of ether oxygens (including phenoxy) is 2. The number of hydrogen-bond donors (Lipinski definition) is 1. The summed E-state index contributed by atoms with van der Waals surface area (Å²) < 4.78 is 11.7. The van der Waals surface area contributed by atoms with Crippen LogP contribution in [-0.4, -0.2) is 60.9 Å². The van der Waals surface area contributed by atoms with Crippen LogP contribution >= 0.6 is 35.3 Å². The largest absolute Gasteiger partial charge is 0.376 e. The Morgan fingerprint density at radius 2 is 2.11 bits per heavy atom. The van der Waals surface area contributed by atoms with Crippen LogP contribution in [0.5, 0.6) is 0 Å². The van der Waals surface area contributed by atoms with Crippen LogP contribution in [0, 0.1) is 13.8 Å². The first-order valence-corrected chi connectivity index (χ1v) is 10.7. The molecule has 2 aliphatic rings. The number of piperidine rings is 1. The Labute approximate surface area is 184 Å². The number of aliphatic imine (C=N–C) groups is 1. The third kappa shape index (κ3) is 6.83. The molecule has 2 aliphatic heterocycles. The number of guanidine groups is 1. The van der Waals surface area contributed by atoms with Gasteiger partial charge < -0.3 is 19.7 Å². The quantitative estimate of drug-likeness (QED) is 0.362. The van der Waals surface area contributed by atoms with Crippen molar-refractivity contribution in [2.75, 3.05) is 32.8 Å². The number of thiazole rings is 1. The Morgan fingerprint density at radius 3 is 2.70 bits per heavy atom. The molecule has 2 fully saturated rings. The summed E-state index contributed by atoms with van der Waals surface area (Å²) in [6.45, 7) is 11.5. The Bertz CT molecular complexity index is 597. The molecule has 0 aliphatic carbocycles. The minimum absolute atomic E-state index is 0. The van der Waals surface area contributed by atoms with Crippen molar-refractivity contribution in [3.8, 4) is 0 Å². The lowest BCUT2D eigenvalue weighted by atomic mass is 10.1. The zero-order valence-electron chi connectivity index (χ0n) is 16.7. The molecule has 0 spiro atoms. The van der Waals surface area contributed by atoms with Crippen molar-refractivity contribution in [3.63, 3.8) is 0 Å². The van der Waals surface area contributed by atoms with E-state index in [0.29, 0.717) is 18.8 Å². The molecule has 3 heterocycles. The summed E-state index contributed by atoms with van der Waals surface area (Å²) in [5.74, 6) is 1.01. The van der Waals surface area contributed by atoms with Gasteiger partial charge in [-0.3, -0.25) is 0 Å². The highest BCUT2D eigenvalue weighted by Crippen LogP contribution is 2.20. The lowest BCUT2D eigenvalue weighted by molar-refractivity contribution is -0.0367. The molecule has 0 radical (unpaired) electrons. The van der Waals surface area contributed by atoms with Gasteiger partial charge in [0.1, 0.15) is 0 Å². The Hall–Kier alpha value is -0.450. The van der Waals surface area contributed by atoms with Crippen molar-refractivity contribution in [3.05, 3.63) is 15.6 Å². The van der Waals surface area contributed by atoms with Crippen LogP contribution in [-0.2, 0) is 16.0 Å². The summed E-state index contributed by atoms with van der Waals surface area (Å²) in [7, 11) is 0. The lowest BCUT2D eigenvalue weighted by Crippen LogP contribution is -2.47. The summed E-state index contributed by atoms with van der Waals surface area (Å²) in [6, 6.07) is 0. The van der Waals surface area contributed by atoms with E-state index in [9.17, 15) is 0 Å². The van der Waals surface area contributed by atoms with Gasteiger partial charge in [-0.25, -0.2) is 9.98 Å². The SMILES string of the molecule is CCNC(=NCc1sc(C)nc1C)N1CCC(OCC2CCCO2)CC1.I. The number of halogens is 1. The van der Waals surface area contributed by atoms with Crippen molar-refractivity contribution >= 4 is 41.3 Å². The molecule has 1 N–H and O–H groups in total. The molecule has 0 bridgehead atoms. The fraction of sp³-hybridized carbons (Fsp3) is 0.789. The topological polar surface area (TPSA) is 59.0 Å². The number of hydrogen-bond acceptors (Lipinski definition) is 5. The van der Waals surface area contributed by atoms with Crippen LogP contribution in [0.15, 0.2) is 4.99 Å². The third-order valence-electron chi connectivity index (χ3n) is 4.99. The number of aromatic nitrogens is 1. The van der Waals surface area contributed by atoms with E-state index < -0.39 is 0 Å². The fourth-order valence-corrected chi connectivity index (χ4v) is 4.41. The van der Waals surface area contributed by atoms with Gasteiger partial charge in [-0.2, -0.15) is 0 Å². The van der Waals surface area contributed by atoms with E-state index >= 15 is 0 Å². The van der Waals surface area contributed by atoms with Crippen LogP contribution in [0.3, 0.4) is 0 Å². The Morgan fingerprint density at radius 1 is 1.33 bits per heavy atom. The summed E-state index contributed by atoms with van der Waals surface area (Å²) in [5, 5.41) is 4.55. The standard InChI is InChI=1S/C19H32N4O2S.HI/c1-4-20-19(21-12-18-14(2)22-15(3)26-18)23-9-7-16(8-10-23)25-13-17-6-5-11-24-17;/h16-17H,4-13H2,1-3H3,(H,20,21);1H. The molecular weight excluding hydrogens is 475 g/mol. The molecular formula is C19H33IN4O2S. The number of rotatable bonds is 6. The fourth-order valence-electron chi connectivity index (χ4n) is 3.55. The van der Waals surface area contributed by atoms with Gasteiger partial charge in [-0.1, -0.05) is 0 Å². The second-order valence-electron chi connectivity index (χ2n) is 7.07. The van der Waals surface area contributed by atoms with E-state index in [1.165, 1.54) is 11.3 Å². The highest BCUT2D eigenvalue weighted by Gasteiger charge is 2.24. The molecule has 0 amide bonds. The predicted molar refractivity (Wildman–Crippen MR) is 121 cm³/mol. The van der Waals surface area contributed by atoms with Crippen LogP contribution < -0.4 is 5.32 Å². The predicted octanol–water partition coefficient (Wildman–Crippen LogP) is 3.50. The van der Waals surface area contributed by atoms with Crippen molar-refractivity contribution in [2.24, 2.45) is 4.99 Å². The van der Waals surface area contributed by atoms with Gasteiger partial charge in [0.15, 0.2) is 5.96 Å². The first-order chi connectivity index (χ1) is 12.7. The third-order valence-corrected chi connectivity index (χ3v) is 6.05. The van der Waals surface area contributed by atoms with Gasteiger partial charge in [0, 0.05) is 31.1 Å². The minimum atomic E-state index is 0. The smallest absolute Gasteiger partial charge is 0.194 e. The average Bonchev–Trinajstić information content (AvgIpc) is 3.27. The van der Waals surface area contributed by atoms with E-state index in [0.717, 1.165) is 68.8 Å². The highest BCUT2D eigenvalue weighted by molar-refractivity contribution is 14.0. The Balaban J connectivity index is 0.00000261. The number of nitrogens with one attached hydrogen (secondary N) is 1. The summed E-state index contributed by atoms with van der Waals surface area (Å²) in [4.78, 5) is 13.0. The number of likely N-dealkylation sites (tertiary alicyclic amines) is 1. The van der Waals surface area contributed by atoms with Gasteiger partial charge in [-0.05, 0) is 46.5 Å². The second-order valence-corrected chi connectivity index (χ2v) is 8.35. The van der Waals surface area contributed by atoms with Crippen molar-refractivity contribution in [2.45, 2.75) is 65.2 Å². The summed E-state index contributed by atoms with van der Waals surface area (Å²) >= 11 is 1.74.